The van der Waals surface area contributed by atoms with Gasteiger partial charge in [0.2, 0.25) is 0 Å². The van der Waals surface area contributed by atoms with Crippen molar-refractivity contribution in [2.75, 3.05) is 27.7 Å². The monoisotopic (exact) mass is 291 g/mol. The molecule has 0 saturated carbocycles. The number of nitrogens with one attached hydrogen (secondary N) is 1. The number of aromatic nitrogens is 4. The van der Waals surface area contributed by atoms with Crippen molar-refractivity contribution >= 4 is 0 Å². The van der Waals surface area contributed by atoms with Gasteiger partial charge in [0.1, 0.15) is 18.1 Å². The first kappa shape index (κ1) is 15.4. The summed E-state index contributed by atoms with van der Waals surface area (Å²) in [5.74, 6) is 6.40. The highest BCUT2D eigenvalue weighted by atomic mass is 16.5. The molecule has 0 radical (unpaired) electrons. The molecule has 0 amide bonds. The van der Waals surface area contributed by atoms with Gasteiger partial charge in [-0.2, -0.15) is 5.10 Å². The van der Waals surface area contributed by atoms with E-state index in [1.54, 1.807) is 19.5 Å². The van der Waals surface area contributed by atoms with Gasteiger partial charge in [-0.05, 0) is 20.2 Å². The maximum absolute atomic E-state index is 5.73. The number of nitrogens with zero attached hydrogens (tertiary/aromatic N) is 5. The number of hydrogen-bond acceptors (Lipinski definition) is 7. The van der Waals surface area contributed by atoms with Crippen molar-refractivity contribution in [1.29, 1.82) is 0 Å². The van der Waals surface area contributed by atoms with Gasteiger partial charge in [-0.1, -0.05) is 0 Å². The SMILES string of the molecule is COc1cnn(CCN(C)C)c1C(NN)c1ccncn1. The van der Waals surface area contributed by atoms with Gasteiger partial charge in [-0.3, -0.25) is 10.5 Å². The minimum atomic E-state index is -0.312. The maximum atomic E-state index is 5.73. The second-order valence-corrected chi connectivity index (χ2v) is 4.86. The summed E-state index contributed by atoms with van der Waals surface area (Å²) in [6.45, 7) is 1.59. The second kappa shape index (κ2) is 7.11. The lowest BCUT2D eigenvalue weighted by molar-refractivity contribution is 0.359. The molecule has 0 bridgehead atoms. The van der Waals surface area contributed by atoms with Crippen LogP contribution in [-0.2, 0) is 6.54 Å². The molecule has 8 heteroatoms. The van der Waals surface area contributed by atoms with E-state index in [4.69, 9.17) is 10.6 Å². The Hall–Kier alpha value is -2.03. The Labute approximate surface area is 123 Å². The highest BCUT2D eigenvalue weighted by Crippen LogP contribution is 2.28. The third-order valence-corrected chi connectivity index (χ3v) is 3.16. The van der Waals surface area contributed by atoms with Crippen molar-refractivity contribution in [3.8, 4) is 5.75 Å². The Morgan fingerprint density at radius 3 is 2.86 bits per heavy atom. The van der Waals surface area contributed by atoms with E-state index in [1.807, 2.05) is 24.8 Å². The summed E-state index contributed by atoms with van der Waals surface area (Å²) in [5, 5.41) is 4.38. The predicted molar refractivity (Wildman–Crippen MR) is 78.5 cm³/mol. The lowest BCUT2D eigenvalue weighted by atomic mass is 10.1. The van der Waals surface area contributed by atoms with Crippen LogP contribution in [0.3, 0.4) is 0 Å². The van der Waals surface area contributed by atoms with E-state index in [9.17, 15) is 0 Å². The molecule has 1 unspecified atom stereocenters. The average molecular weight is 291 g/mol. The molecular weight excluding hydrogens is 270 g/mol. The summed E-state index contributed by atoms with van der Waals surface area (Å²) >= 11 is 0. The van der Waals surface area contributed by atoms with Gasteiger partial charge in [0.05, 0.1) is 25.5 Å². The number of likely N-dealkylation sites (N-methyl/N-ethyl adjacent to an activating group) is 1. The summed E-state index contributed by atoms with van der Waals surface area (Å²) in [4.78, 5) is 10.3. The Morgan fingerprint density at radius 2 is 2.29 bits per heavy atom. The maximum Gasteiger partial charge on any atom is 0.162 e. The average Bonchev–Trinajstić information content (AvgIpc) is 2.90. The van der Waals surface area contributed by atoms with Crippen LogP contribution >= 0.6 is 0 Å². The van der Waals surface area contributed by atoms with Crippen LogP contribution in [0, 0.1) is 0 Å². The van der Waals surface area contributed by atoms with Gasteiger partial charge < -0.3 is 9.64 Å². The predicted octanol–water partition coefficient (Wildman–Crippen LogP) is -0.204. The van der Waals surface area contributed by atoms with E-state index in [-0.39, 0.29) is 6.04 Å². The van der Waals surface area contributed by atoms with Crippen LogP contribution in [0.4, 0.5) is 0 Å². The quantitative estimate of drug-likeness (QED) is 0.538. The molecule has 0 saturated heterocycles. The zero-order valence-corrected chi connectivity index (χ0v) is 12.5. The van der Waals surface area contributed by atoms with E-state index in [1.165, 1.54) is 6.33 Å². The van der Waals surface area contributed by atoms with Crippen LogP contribution in [0.5, 0.6) is 5.75 Å². The minimum Gasteiger partial charge on any atom is -0.493 e. The Bertz CT molecular complexity index is 555. The van der Waals surface area contributed by atoms with E-state index in [2.05, 4.69) is 25.4 Å². The highest BCUT2D eigenvalue weighted by Gasteiger charge is 2.23. The smallest absolute Gasteiger partial charge is 0.162 e. The second-order valence-electron chi connectivity index (χ2n) is 4.86. The molecule has 2 rings (SSSR count). The Morgan fingerprint density at radius 1 is 1.48 bits per heavy atom. The number of rotatable bonds is 7. The van der Waals surface area contributed by atoms with Crippen molar-refractivity contribution in [3.63, 3.8) is 0 Å². The Balaban J connectivity index is 2.37. The molecule has 21 heavy (non-hydrogen) atoms. The van der Waals surface area contributed by atoms with E-state index in [0.717, 1.165) is 24.5 Å². The van der Waals surface area contributed by atoms with Crippen LogP contribution in [0.25, 0.3) is 0 Å². The van der Waals surface area contributed by atoms with Crippen molar-refractivity contribution in [2.45, 2.75) is 12.6 Å². The van der Waals surface area contributed by atoms with Gasteiger partial charge in [-0.15, -0.1) is 0 Å². The highest BCUT2D eigenvalue weighted by molar-refractivity contribution is 5.33. The van der Waals surface area contributed by atoms with Crippen LogP contribution in [0.1, 0.15) is 17.4 Å². The largest absolute Gasteiger partial charge is 0.493 e. The molecule has 2 aromatic rings. The summed E-state index contributed by atoms with van der Waals surface area (Å²) in [7, 11) is 5.65. The van der Waals surface area contributed by atoms with E-state index >= 15 is 0 Å². The fourth-order valence-electron chi connectivity index (χ4n) is 2.08. The number of methoxy groups -OCH3 is 1. The first-order chi connectivity index (χ1) is 10.2. The van der Waals surface area contributed by atoms with Crippen molar-refractivity contribution in [2.24, 2.45) is 5.84 Å². The lowest BCUT2D eigenvalue weighted by Gasteiger charge is -2.19. The van der Waals surface area contributed by atoms with Crippen LogP contribution in [-0.4, -0.2) is 52.4 Å². The zero-order chi connectivity index (χ0) is 15.2. The van der Waals surface area contributed by atoms with Crippen LogP contribution in [0.2, 0.25) is 0 Å². The van der Waals surface area contributed by atoms with Gasteiger partial charge in [-0.25, -0.2) is 15.4 Å². The minimum absolute atomic E-state index is 0.312. The van der Waals surface area contributed by atoms with Crippen LogP contribution in [0.15, 0.2) is 24.8 Å². The van der Waals surface area contributed by atoms with E-state index < -0.39 is 0 Å². The molecule has 2 heterocycles. The van der Waals surface area contributed by atoms with Crippen molar-refractivity contribution in [3.05, 3.63) is 36.2 Å². The van der Waals surface area contributed by atoms with Gasteiger partial charge in [0.25, 0.3) is 0 Å². The van der Waals surface area contributed by atoms with Crippen molar-refractivity contribution < 1.29 is 4.74 Å². The first-order valence-corrected chi connectivity index (χ1v) is 6.63. The van der Waals surface area contributed by atoms with Gasteiger partial charge >= 0.3 is 0 Å². The molecule has 0 spiro atoms. The molecule has 0 aromatic carbocycles. The molecule has 8 nitrogen and oxygen atoms in total. The lowest BCUT2D eigenvalue weighted by Crippen LogP contribution is -2.32. The third-order valence-electron chi connectivity index (χ3n) is 3.16. The van der Waals surface area contributed by atoms with Gasteiger partial charge in [0.15, 0.2) is 5.75 Å². The molecule has 0 fully saturated rings. The fraction of sp³-hybridized carbons (Fsp3) is 0.462. The molecule has 0 aliphatic carbocycles. The number of hydrogen-bond donors (Lipinski definition) is 2. The molecule has 1 atom stereocenters. The number of hydrazine groups is 1. The van der Waals surface area contributed by atoms with Gasteiger partial charge in [0, 0.05) is 12.7 Å². The summed E-state index contributed by atoms with van der Waals surface area (Å²) in [6.07, 6.45) is 4.86. The molecule has 0 aliphatic rings. The zero-order valence-electron chi connectivity index (χ0n) is 12.5. The summed E-state index contributed by atoms with van der Waals surface area (Å²) in [6, 6.07) is 1.50. The summed E-state index contributed by atoms with van der Waals surface area (Å²) in [5.41, 5.74) is 4.39. The molecule has 0 aliphatic heterocycles. The molecule has 114 valence electrons. The summed E-state index contributed by atoms with van der Waals surface area (Å²) < 4.78 is 7.28. The van der Waals surface area contributed by atoms with Crippen LogP contribution < -0.4 is 16.0 Å². The molecule has 2 aromatic heterocycles. The first-order valence-electron chi connectivity index (χ1n) is 6.63. The fourth-order valence-corrected chi connectivity index (χ4v) is 2.08. The topological polar surface area (TPSA) is 94.1 Å². The molecule has 3 N–H and O–H groups in total. The van der Waals surface area contributed by atoms with Crippen molar-refractivity contribution in [1.82, 2.24) is 30.1 Å². The third kappa shape index (κ3) is 3.54. The molecular formula is C13H21N7O. The van der Waals surface area contributed by atoms with E-state index in [0.29, 0.717) is 5.75 Å². The standard InChI is InChI=1S/C13H21N7O/c1-19(2)6-7-20-13(11(21-3)8-17-20)12(18-14)10-4-5-15-9-16-10/h4-5,8-9,12,18H,6-7,14H2,1-3H3. The normalized spacial score (nSPS) is 12.6. The Kier molecular flexibility index (Phi) is 5.20. The number of nitrogens with two attached hydrogens (primary N) is 1. The number of ether oxygens (including phenoxy) is 1.